The molecule has 168 valence electrons. The van der Waals surface area contributed by atoms with Crippen molar-refractivity contribution in [2.75, 3.05) is 44.3 Å². The summed E-state index contributed by atoms with van der Waals surface area (Å²) in [5, 5.41) is 13.2. The van der Waals surface area contributed by atoms with E-state index in [0.29, 0.717) is 13.2 Å². The van der Waals surface area contributed by atoms with Crippen molar-refractivity contribution in [3.63, 3.8) is 0 Å². The van der Waals surface area contributed by atoms with E-state index in [1.54, 1.807) is 0 Å². The third-order valence-corrected chi connectivity index (χ3v) is 6.26. The quantitative estimate of drug-likeness (QED) is 0.525. The van der Waals surface area contributed by atoms with Crippen LogP contribution in [0, 0.1) is 6.92 Å². The normalized spacial score (nSPS) is 16.9. The first-order valence-corrected chi connectivity index (χ1v) is 11.5. The molecule has 1 fully saturated rings. The summed E-state index contributed by atoms with van der Waals surface area (Å²) < 4.78 is 9.42. The lowest BCUT2D eigenvalue weighted by Gasteiger charge is -2.29. The van der Waals surface area contributed by atoms with Crippen LogP contribution in [0.4, 0.5) is 5.82 Å². The van der Waals surface area contributed by atoms with Gasteiger partial charge in [0.05, 0.1) is 24.6 Å². The summed E-state index contributed by atoms with van der Waals surface area (Å²) in [5.41, 5.74) is 6.35. The third kappa shape index (κ3) is 3.92. The van der Waals surface area contributed by atoms with Gasteiger partial charge in [0.2, 0.25) is 0 Å². The second-order valence-electron chi connectivity index (χ2n) is 8.57. The first-order chi connectivity index (χ1) is 16.2. The van der Waals surface area contributed by atoms with Crippen LogP contribution in [0.1, 0.15) is 17.7 Å². The lowest BCUT2D eigenvalue weighted by atomic mass is 10.1. The summed E-state index contributed by atoms with van der Waals surface area (Å²) in [6, 6.07) is 14.6. The van der Waals surface area contributed by atoms with Crippen molar-refractivity contribution >= 4 is 17.0 Å². The monoisotopic (exact) mass is 441 g/mol. The molecule has 0 spiro atoms. The standard InChI is InChI=1S/C25H27N7O/c1-18-3-2-4-20(15-18)21-7-10-31(28-21)23-17-25(30-11-13-33-14-12-30)32-24(27-23)16-22(29-32)19-5-8-26-9-6-19/h2-5,7,10,15-17,26H,6,8-9,11-14H2,1H3. The maximum atomic E-state index is 5.59. The number of aromatic nitrogens is 5. The lowest BCUT2D eigenvalue weighted by molar-refractivity contribution is 0.122. The highest BCUT2D eigenvalue weighted by Crippen LogP contribution is 2.26. The van der Waals surface area contributed by atoms with E-state index in [2.05, 4.69) is 59.6 Å². The first kappa shape index (κ1) is 20.1. The Balaban J connectivity index is 1.45. The molecule has 1 N–H and O–H groups in total. The number of benzene rings is 1. The predicted octanol–water partition coefficient (Wildman–Crippen LogP) is 3.10. The molecule has 5 heterocycles. The number of rotatable bonds is 4. The van der Waals surface area contributed by atoms with Crippen molar-refractivity contribution in [1.29, 1.82) is 0 Å². The Morgan fingerprint density at radius 2 is 1.91 bits per heavy atom. The lowest BCUT2D eigenvalue weighted by Crippen LogP contribution is -2.37. The van der Waals surface area contributed by atoms with Gasteiger partial charge < -0.3 is 15.0 Å². The van der Waals surface area contributed by atoms with Gasteiger partial charge in [-0.15, -0.1) is 0 Å². The average molecular weight is 442 g/mol. The molecule has 4 aromatic rings. The second kappa shape index (κ2) is 8.46. The van der Waals surface area contributed by atoms with E-state index in [1.807, 2.05) is 21.5 Å². The van der Waals surface area contributed by atoms with Crippen LogP contribution in [0.15, 0.2) is 54.7 Å². The van der Waals surface area contributed by atoms with Crippen molar-refractivity contribution in [1.82, 2.24) is 29.7 Å². The molecular formula is C25H27N7O. The van der Waals surface area contributed by atoms with E-state index >= 15 is 0 Å². The molecule has 33 heavy (non-hydrogen) atoms. The maximum absolute atomic E-state index is 5.59. The molecule has 6 rings (SSSR count). The van der Waals surface area contributed by atoms with Gasteiger partial charge in [-0.05, 0) is 37.6 Å². The minimum Gasteiger partial charge on any atom is -0.378 e. The Morgan fingerprint density at radius 3 is 2.73 bits per heavy atom. The van der Waals surface area contributed by atoms with Crippen LogP contribution in [0.3, 0.4) is 0 Å². The molecule has 0 amide bonds. The van der Waals surface area contributed by atoms with Gasteiger partial charge in [0.25, 0.3) is 0 Å². The average Bonchev–Trinajstić information content (AvgIpc) is 3.52. The second-order valence-corrected chi connectivity index (χ2v) is 8.57. The Morgan fingerprint density at radius 1 is 1.00 bits per heavy atom. The van der Waals surface area contributed by atoms with E-state index < -0.39 is 0 Å². The molecule has 1 saturated heterocycles. The molecule has 8 nitrogen and oxygen atoms in total. The number of hydrogen-bond acceptors (Lipinski definition) is 6. The summed E-state index contributed by atoms with van der Waals surface area (Å²) in [4.78, 5) is 7.26. The van der Waals surface area contributed by atoms with E-state index in [4.69, 9.17) is 19.9 Å². The molecule has 8 heteroatoms. The minimum absolute atomic E-state index is 0.712. The Kier molecular flexibility index (Phi) is 5.16. The fraction of sp³-hybridized carbons (Fsp3) is 0.320. The van der Waals surface area contributed by atoms with Crippen LogP contribution in [0.25, 0.3) is 28.3 Å². The van der Waals surface area contributed by atoms with Gasteiger partial charge in [-0.25, -0.2) is 9.67 Å². The predicted molar refractivity (Wildman–Crippen MR) is 129 cm³/mol. The van der Waals surface area contributed by atoms with Crippen LogP contribution in [0.2, 0.25) is 0 Å². The molecule has 0 unspecified atom stereocenters. The fourth-order valence-corrected chi connectivity index (χ4v) is 4.50. The number of hydrogen-bond donors (Lipinski definition) is 1. The van der Waals surface area contributed by atoms with Crippen molar-refractivity contribution in [2.24, 2.45) is 0 Å². The van der Waals surface area contributed by atoms with Gasteiger partial charge in [-0.2, -0.15) is 14.7 Å². The van der Waals surface area contributed by atoms with Gasteiger partial charge in [0.15, 0.2) is 11.5 Å². The number of nitrogens with zero attached hydrogens (tertiary/aromatic N) is 6. The van der Waals surface area contributed by atoms with Crippen LogP contribution in [-0.4, -0.2) is 63.8 Å². The van der Waals surface area contributed by atoms with Crippen LogP contribution in [0.5, 0.6) is 0 Å². The highest BCUT2D eigenvalue weighted by molar-refractivity contribution is 5.68. The smallest absolute Gasteiger partial charge is 0.160 e. The fourth-order valence-electron chi connectivity index (χ4n) is 4.50. The van der Waals surface area contributed by atoms with Crippen LogP contribution >= 0.6 is 0 Å². The summed E-state index contributed by atoms with van der Waals surface area (Å²) >= 11 is 0. The molecule has 1 aromatic carbocycles. The van der Waals surface area contributed by atoms with E-state index in [-0.39, 0.29) is 0 Å². The topological polar surface area (TPSA) is 72.5 Å². The van der Waals surface area contributed by atoms with E-state index in [9.17, 15) is 0 Å². The van der Waals surface area contributed by atoms with Crippen molar-refractivity contribution < 1.29 is 4.74 Å². The Hall–Kier alpha value is -3.49. The zero-order valence-corrected chi connectivity index (χ0v) is 18.7. The summed E-state index contributed by atoms with van der Waals surface area (Å²) in [6.45, 7) is 7.03. The third-order valence-electron chi connectivity index (χ3n) is 6.26. The highest BCUT2D eigenvalue weighted by atomic mass is 16.5. The number of ether oxygens (including phenoxy) is 1. The minimum atomic E-state index is 0.712. The SMILES string of the molecule is Cc1cccc(-c2ccn(-c3cc(N4CCOCC4)n4nc(C5=CCNCC5)cc4n3)n2)c1. The van der Waals surface area contributed by atoms with Gasteiger partial charge in [-0.3, -0.25) is 0 Å². The molecule has 0 bridgehead atoms. The number of anilines is 1. The van der Waals surface area contributed by atoms with Gasteiger partial charge in [0, 0.05) is 43.5 Å². The molecule has 2 aliphatic heterocycles. The molecule has 0 radical (unpaired) electrons. The maximum Gasteiger partial charge on any atom is 0.160 e. The summed E-state index contributed by atoms with van der Waals surface area (Å²) in [6.07, 6.45) is 5.18. The molecular weight excluding hydrogens is 414 g/mol. The van der Waals surface area contributed by atoms with Crippen LogP contribution < -0.4 is 10.2 Å². The van der Waals surface area contributed by atoms with E-state index in [0.717, 1.165) is 66.8 Å². The van der Waals surface area contributed by atoms with Crippen molar-refractivity contribution in [3.8, 4) is 17.1 Å². The summed E-state index contributed by atoms with van der Waals surface area (Å²) in [5.74, 6) is 1.81. The molecule has 0 aliphatic carbocycles. The van der Waals surface area contributed by atoms with Gasteiger partial charge in [-0.1, -0.05) is 29.8 Å². The van der Waals surface area contributed by atoms with E-state index in [1.165, 1.54) is 11.1 Å². The summed E-state index contributed by atoms with van der Waals surface area (Å²) in [7, 11) is 0. The van der Waals surface area contributed by atoms with Crippen molar-refractivity contribution in [3.05, 3.63) is 66.0 Å². The molecule has 2 aliphatic rings. The highest BCUT2D eigenvalue weighted by Gasteiger charge is 2.20. The van der Waals surface area contributed by atoms with Crippen LogP contribution in [-0.2, 0) is 4.74 Å². The zero-order valence-electron chi connectivity index (χ0n) is 18.7. The zero-order chi connectivity index (χ0) is 22.2. The molecule has 0 atom stereocenters. The Bertz CT molecular complexity index is 1330. The van der Waals surface area contributed by atoms with Gasteiger partial charge in [0.1, 0.15) is 5.82 Å². The molecule has 3 aromatic heterocycles. The number of morpholine rings is 1. The van der Waals surface area contributed by atoms with Crippen molar-refractivity contribution in [2.45, 2.75) is 13.3 Å². The molecule has 0 saturated carbocycles. The number of aryl methyl sites for hydroxylation is 1. The van der Waals surface area contributed by atoms with Gasteiger partial charge >= 0.3 is 0 Å². The number of fused-ring (bicyclic) bond motifs is 1. The largest absolute Gasteiger partial charge is 0.378 e. The number of nitrogens with one attached hydrogen (secondary N) is 1. The Labute approximate surface area is 192 Å². The first-order valence-electron chi connectivity index (χ1n) is 11.5.